The molecule has 1 amide bonds. The van der Waals surface area contributed by atoms with Gasteiger partial charge in [0.25, 0.3) is 5.91 Å². The quantitative estimate of drug-likeness (QED) is 0.797. The summed E-state index contributed by atoms with van der Waals surface area (Å²) >= 11 is 6.34. The molecule has 0 saturated carbocycles. The lowest BCUT2D eigenvalue weighted by Gasteiger charge is -2.33. The minimum absolute atomic E-state index is 0.0580. The number of carbonyl (C=O) groups excluding carboxylic acids is 1. The predicted molar refractivity (Wildman–Crippen MR) is 97.7 cm³/mol. The average molecular weight is 368 g/mol. The lowest BCUT2D eigenvalue weighted by molar-refractivity contribution is -0.133. The molecule has 2 aliphatic rings. The number of ether oxygens (including phenoxy) is 3. The molecule has 1 fully saturated rings. The van der Waals surface area contributed by atoms with Crippen molar-refractivity contribution in [2.75, 3.05) is 31.8 Å². The molecule has 1 aromatic rings. The molecule has 0 aromatic heterocycles. The van der Waals surface area contributed by atoms with Crippen molar-refractivity contribution in [2.45, 2.75) is 51.2 Å². The number of rotatable bonds is 5. The lowest BCUT2D eigenvalue weighted by atomic mass is 10.00. The van der Waals surface area contributed by atoms with E-state index in [9.17, 15) is 4.79 Å². The van der Waals surface area contributed by atoms with Crippen molar-refractivity contribution in [3.05, 3.63) is 22.7 Å². The Morgan fingerprint density at radius 3 is 2.96 bits per heavy atom. The zero-order valence-corrected chi connectivity index (χ0v) is 15.7. The van der Waals surface area contributed by atoms with Gasteiger partial charge in [-0.05, 0) is 56.7 Å². The zero-order valence-electron chi connectivity index (χ0n) is 14.9. The Kier molecular flexibility index (Phi) is 6.20. The van der Waals surface area contributed by atoms with E-state index >= 15 is 0 Å². The average Bonchev–Trinajstić information content (AvgIpc) is 2.66. The molecule has 0 spiro atoms. The van der Waals surface area contributed by atoms with Crippen LogP contribution in [0, 0.1) is 0 Å². The van der Waals surface area contributed by atoms with E-state index in [2.05, 4.69) is 0 Å². The molecule has 138 valence electrons. The van der Waals surface area contributed by atoms with Gasteiger partial charge in [0.05, 0.1) is 25.5 Å². The summed E-state index contributed by atoms with van der Waals surface area (Å²) < 4.78 is 17.0. The number of hydrogen-bond donors (Lipinski definition) is 0. The number of anilines is 1. The first-order valence-corrected chi connectivity index (χ1v) is 9.39. The van der Waals surface area contributed by atoms with E-state index in [1.807, 2.05) is 12.1 Å². The van der Waals surface area contributed by atoms with Gasteiger partial charge in [-0.3, -0.25) is 4.79 Å². The van der Waals surface area contributed by atoms with Crippen LogP contribution in [0.2, 0.25) is 5.02 Å². The van der Waals surface area contributed by atoms with Gasteiger partial charge in [0.1, 0.15) is 11.9 Å². The van der Waals surface area contributed by atoms with E-state index < -0.39 is 6.10 Å². The van der Waals surface area contributed by atoms with Crippen LogP contribution in [-0.4, -0.2) is 45.0 Å². The molecule has 2 aliphatic heterocycles. The summed E-state index contributed by atoms with van der Waals surface area (Å²) in [4.78, 5) is 14.7. The van der Waals surface area contributed by atoms with Crippen LogP contribution in [0.4, 0.5) is 5.69 Å². The summed E-state index contributed by atoms with van der Waals surface area (Å²) in [6.45, 7) is 3.69. The van der Waals surface area contributed by atoms with Gasteiger partial charge in [-0.2, -0.15) is 0 Å². The van der Waals surface area contributed by atoms with E-state index in [0.29, 0.717) is 23.9 Å². The number of fused-ring (bicyclic) bond motifs is 1. The fourth-order valence-electron chi connectivity index (χ4n) is 3.52. The van der Waals surface area contributed by atoms with Gasteiger partial charge in [-0.1, -0.05) is 11.6 Å². The number of nitrogens with zero attached hydrogens (tertiary/aromatic N) is 1. The van der Waals surface area contributed by atoms with Crippen molar-refractivity contribution < 1.29 is 19.0 Å². The summed E-state index contributed by atoms with van der Waals surface area (Å²) in [6.07, 6.45) is 4.56. The molecule has 6 heteroatoms. The van der Waals surface area contributed by atoms with E-state index in [0.717, 1.165) is 50.0 Å². The Morgan fingerprint density at radius 2 is 2.24 bits per heavy atom. The number of carbonyl (C=O) groups is 1. The maximum atomic E-state index is 13.0. The van der Waals surface area contributed by atoms with Gasteiger partial charge >= 0.3 is 0 Å². The van der Waals surface area contributed by atoms with Crippen molar-refractivity contribution in [3.8, 4) is 5.75 Å². The van der Waals surface area contributed by atoms with Crippen molar-refractivity contribution in [3.63, 3.8) is 0 Å². The van der Waals surface area contributed by atoms with E-state index in [1.165, 1.54) is 0 Å². The first-order valence-electron chi connectivity index (χ1n) is 9.01. The molecular weight excluding hydrogens is 342 g/mol. The molecule has 0 radical (unpaired) electrons. The molecule has 25 heavy (non-hydrogen) atoms. The highest BCUT2D eigenvalue weighted by atomic mass is 35.5. The van der Waals surface area contributed by atoms with Crippen LogP contribution in [-0.2, 0) is 20.7 Å². The summed E-state index contributed by atoms with van der Waals surface area (Å²) in [7, 11) is 1.61. The normalized spacial score (nSPS) is 21.6. The third-order valence-corrected chi connectivity index (χ3v) is 5.26. The summed E-state index contributed by atoms with van der Waals surface area (Å²) in [5.74, 6) is 0.618. The van der Waals surface area contributed by atoms with Gasteiger partial charge in [-0.15, -0.1) is 0 Å². The lowest BCUT2D eigenvalue weighted by Crippen LogP contribution is -2.43. The van der Waals surface area contributed by atoms with Crippen LogP contribution in [0.5, 0.6) is 5.75 Å². The van der Waals surface area contributed by atoms with Gasteiger partial charge in [0.2, 0.25) is 0 Å². The highest BCUT2D eigenvalue weighted by Crippen LogP contribution is 2.40. The largest absolute Gasteiger partial charge is 0.495 e. The summed E-state index contributed by atoms with van der Waals surface area (Å²) in [5, 5.41) is 0.678. The second-order valence-electron chi connectivity index (χ2n) is 6.63. The van der Waals surface area contributed by atoms with Crippen LogP contribution in [0.3, 0.4) is 0 Å². The number of methoxy groups -OCH3 is 1. The molecule has 3 rings (SSSR count). The molecule has 2 heterocycles. The molecule has 5 nitrogen and oxygen atoms in total. The maximum Gasteiger partial charge on any atom is 0.255 e. The Bertz CT molecular complexity index is 616. The monoisotopic (exact) mass is 367 g/mol. The van der Waals surface area contributed by atoms with Crippen molar-refractivity contribution >= 4 is 23.2 Å². The fourth-order valence-corrected chi connectivity index (χ4v) is 3.76. The second kappa shape index (κ2) is 8.39. The Balaban J connectivity index is 1.71. The third-order valence-electron chi connectivity index (χ3n) is 4.91. The van der Waals surface area contributed by atoms with Crippen LogP contribution in [0.15, 0.2) is 12.1 Å². The standard InChI is InChI=1S/C19H26ClNO4/c1-13(25-12-14-6-3-4-11-24-14)19(22)21-10-5-7-15-16(20)8-9-17(23-2)18(15)21/h8-9,13-14H,3-7,10-12H2,1-2H3. The molecule has 0 bridgehead atoms. The summed E-state index contributed by atoms with van der Waals surface area (Å²) in [6, 6.07) is 3.64. The van der Waals surface area contributed by atoms with Crippen LogP contribution in [0.1, 0.15) is 38.2 Å². The SMILES string of the molecule is COc1ccc(Cl)c2c1N(C(=O)C(C)OCC1CCCCO1)CCC2. The molecule has 1 saturated heterocycles. The molecule has 2 atom stereocenters. The molecule has 2 unspecified atom stereocenters. The van der Waals surface area contributed by atoms with E-state index in [4.69, 9.17) is 25.8 Å². The fraction of sp³-hybridized carbons (Fsp3) is 0.632. The molecule has 0 N–H and O–H groups in total. The van der Waals surface area contributed by atoms with Gasteiger partial charge in [-0.25, -0.2) is 0 Å². The smallest absolute Gasteiger partial charge is 0.255 e. The minimum atomic E-state index is -0.528. The van der Waals surface area contributed by atoms with Gasteiger partial charge in [0, 0.05) is 18.2 Å². The van der Waals surface area contributed by atoms with Crippen molar-refractivity contribution in [1.82, 2.24) is 0 Å². The molecule has 1 aromatic carbocycles. The first kappa shape index (κ1) is 18.5. The first-order chi connectivity index (χ1) is 12.1. The number of benzene rings is 1. The molecule has 0 aliphatic carbocycles. The van der Waals surface area contributed by atoms with E-state index in [1.54, 1.807) is 18.9 Å². The van der Waals surface area contributed by atoms with Gasteiger partial charge < -0.3 is 19.1 Å². The summed E-state index contributed by atoms with van der Waals surface area (Å²) in [5.41, 5.74) is 1.76. The Morgan fingerprint density at radius 1 is 1.40 bits per heavy atom. The highest BCUT2D eigenvalue weighted by Gasteiger charge is 2.31. The van der Waals surface area contributed by atoms with Crippen LogP contribution < -0.4 is 9.64 Å². The minimum Gasteiger partial charge on any atom is -0.495 e. The maximum absolute atomic E-state index is 13.0. The Hall–Kier alpha value is -1.30. The Labute approximate surface area is 154 Å². The third kappa shape index (κ3) is 4.10. The van der Waals surface area contributed by atoms with E-state index in [-0.39, 0.29) is 12.0 Å². The van der Waals surface area contributed by atoms with Crippen molar-refractivity contribution in [1.29, 1.82) is 0 Å². The second-order valence-corrected chi connectivity index (χ2v) is 7.04. The molecular formula is C19H26ClNO4. The van der Waals surface area contributed by atoms with Crippen molar-refractivity contribution in [2.24, 2.45) is 0 Å². The number of amides is 1. The van der Waals surface area contributed by atoms with Crippen LogP contribution >= 0.6 is 11.6 Å². The zero-order chi connectivity index (χ0) is 17.8. The van der Waals surface area contributed by atoms with Crippen LogP contribution in [0.25, 0.3) is 0 Å². The predicted octanol–water partition coefficient (Wildman–Crippen LogP) is 3.60. The highest BCUT2D eigenvalue weighted by molar-refractivity contribution is 6.32. The number of halogens is 1. The number of hydrogen-bond acceptors (Lipinski definition) is 4. The topological polar surface area (TPSA) is 48.0 Å². The van der Waals surface area contributed by atoms with Gasteiger partial charge in [0.15, 0.2) is 0 Å².